The van der Waals surface area contributed by atoms with E-state index in [4.69, 9.17) is 5.11 Å². The van der Waals surface area contributed by atoms with Crippen molar-refractivity contribution in [2.75, 3.05) is 0 Å². The van der Waals surface area contributed by atoms with Crippen LogP contribution in [-0.4, -0.2) is 28.9 Å². The third kappa shape index (κ3) is 3.68. The summed E-state index contributed by atoms with van der Waals surface area (Å²) in [5, 5.41) is 13.8. The van der Waals surface area contributed by atoms with Gasteiger partial charge >= 0.3 is 0 Å². The Morgan fingerprint density at radius 3 is 2.65 bits per heavy atom. The summed E-state index contributed by atoms with van der Waals surface area (Å²) in [6, 6.07) is 5.66. The van der Waals surface area contributed by atoms with Crippen LogP contribution in [0.15, 0.2) is 30.3 Å². The molecule has 6 heteroatoms. The lowest BCUT2D eigenvalue weighted by atomic mass is 10.1. The van der Waals surface area contributed by atoms with Gasteiger partial charge < -0.3 is 10.4 Å². The molecule has 1 unspecified atom stereocenters. The average molecular weight is 274 g/mol. The predicted octanol–water partition coefficient (Wildman–Crippen LogP) is 0.327. The summed E-state index contributed by atoms with van der Waals surface area (Å²) in [7, 11) is 0. The zero-order valence-electron chi connectivity index (χ0n) is 10.6. The van der Waals surface area contributed by atoms with Gasteiger partial charge in [-0.2, -0.15) is 0 Å². The lowest BCUT2D eigenvalue weighted by molar-refractivity contribution is -0.136. The molecule has 1 atom stereocenters. The molecule has 0 radical (unpaired) electrons. The van der Waals surface area contributed by atoms with Crippen LogP contribution >= 0.6 is 0 Å². The smallest absolute Gasteiger partial charge is 0.249 e. The summed E-state index contributed by atoms with van der Waals surface area (Å²) < 4.78 is 0. The number of carbonyl (C=O) groups is 3. The molecule has 1 aliphatic heterocycles. The number of hydrogen-bond donors (Lipinski definition) is 3. The zero-order chi connectivity index (χ0) is 14.5. The van der Waals surface area contributed by atoms with Crippen LogP contribution in [0.4, 0.5) is 0 Å². The quantitative estimate of drug-likeness (QED) is 0.546. The lowest BCUT2D eigenvalue weighted by Crippen LogP contribution is -2.51. The molecule has 20 heavy (non-hydrogen) atoms. The molecule has 0 aromatic heterocycles. The van der Waals surface area contributed by atoms with Crippen molar-refractivity contribution < 1.29 is 19.5 Å². The second-order valence-electron chi connectivity index (χ2n) is 4.44. The molecule has 1 saturated heterocycles. The standard InChI is InChI=1S/C14H14N2O4/c17-10-4-1-9(2-5-10)3-7-12(18)15-11-6-8-13(19)16-14(11)20/h1-5,7,11,17H,6,8H2,(H,15,18)(H,16,19,20)/b7-3+. The fourth-order valence-electron chi connectivity index (χ4n) is 1.81. The second kappa shape index (κ2) is 6.01. The Kier molecular flexibility index (Phi) is 4.14. The Bertz CT molecular complexity index is 563. The van der Waals surface area contributed by atoms with Gasteiger partial charge in [-0.25, -0.2) is 0 Å². The number of piperidine rings is 1. The van der Waals surface area contributed by atoms with Crippen molar-refractivity contribution in [2.24, 2.45) is 0 Å². The number of amides is 3. The summed E-state index contributed by atoms with van der Waals surface area (Å²) in [4.78, 5) is 34.1. The highest BCUT2D eigenvalue weighted by Crippen LogP contribution is 2.10. The molecule has 1 aromatic carbocycles. The van der Waals surface area contributed by atoms with Crippen LogP contribution in [0.5, 0.6) is 5.75 Å². The predicted molar refractivity (Wildman–Crippen MR) is 71.5 cm³/mol. The molecule has 1 aromatic rings. The van der Waals surface area contributed by atoms with E-state index >= 15 is 0 Å². The van der Waals surface area contributed by atoms with E-state index in [1.165, 1.54) is 18.2 Å². The SMILES string of the molecule is O=C(/C=C/c1ccc(O)cc1)NC1CCC(=O)NC1=O. The number of carbonyl (C=O) groups excluding carboxylic acids is 3. The Labute approximate surface area is 115 Å². The Morgan fingerprint density at radius 2 is 2.00 bits per heavy atom. The normalized spacial score (nSPS) is 18.9. The fraction of sp³-hybridized carbons (Fsp3) is 0.214. The van der Waals surface area contributed by atoms with Gasteiger partial charge in [-0.05, 0) is 30.2 Å². The van der Waals surface area contributed by atoms with E-state index in [0.717, 1.165) is 5.56 Å². The van der Waals surface area contributed by atoms with E-state index in [1.807, 2.05) is 0 Å². The Morgan fingerprint density at radius 1 is 1.30 bits per heavy atom. The van der Waals surface area contributed by atoms with Gasteiger partial charge in [-0.3, -0.25) is 19.7 Å². The molecule has 3 N–H and O–H groups in total. The fourth-order valence-corrected chi connectivity index (χ4v) is 1.81. The number of aromatic hydroxyl groups is 1. The van der Waals surface area contributed by atoms with E-state index in [2.05, 4.69) is 10.6 Å². The van der Waals surface area contributed by atoms with Crippen LogP contribution in [0.1, 0.15) is 18.4 Å². The van der Waals surface area contributed by atoms with Crippen molar-refractivity contribution in [1.82, 2.24) is 10.6 Å². The number of hydrogen-bond acceptors (Lipinski definition) is 4. The van der Waals surface area contributed by atoms with Gasteiger partial charge in [-0.1, -0.05) is 12.1 Å². The molecule has 104 valence electrons. The van der Waals surface area contributed by atoms with Crippen molar-refractivity contribution in [3.05, 3.63) is 35.9 Å². The summed E-state index contributed by atoms with van der Waals surface area (Å²) in [6.45, 7) is 0. The molecule has 2 rings (SSSR count). The number of phenols is 1. The summed E-state index contributed by atoms with van der Waals surface area (Å²) in [5.41, 5.74) is 0.751. The van der Waals surface area contributed by atoms with Crippen LogP contribution < -0.4 is 10.6 Å². The van der Waals surface area contributed by atoms with E-state index in [9.17, 15) is 14.4 Å². The second-order valence-corrected chi connectivity index (χ2v) is 4.44. The monoisotopic (exact) mass is 274 g/mol. The van der Waals surface area contributed by atoms with Crippen molar-refractivity contribution in [3.8, 4) is 5.75 Å². The molecular formula is C14H14N2O4. The summed E-state index contributed by atoms with van der Waals surface area (Å²) in [6.07, 6.45) is 3.40. The minimum atomic E-state index is -0.676. The molecule has 6 nitrogen and oxygen atoms in total. The van der Waals surface area contributed by atoms with Gasteiger partial charge in [0, 0.05) is 12.5 Å². The maximum atomic E-state index is 11.7. The maximum Gasteiger partial charge on any atom is 0.249 e. The lowest BCUT2D eigenvalue weighted by Gasteiger charge is -2.20. The average Bonchev–Trinajstić information content (AvgIpc) is 2.41. The third-order valence-electron chi connectivity index (χ3n) is 2.88. The van der Waals surface area contributed by atoms with Gasteiger partial charge in [0.2, 0.25) is 17.7 Å². The molecule has 1 aliphatic rings. The van der Waals surface area contributed by atoms with Crippen molar-refractivity contribution in [3.63, 3.8) is 0 Å². The first kappa shape index (κ1) is 13.8. The zero-order valence-corrected chi connectivity index (χ0v) is 10.6. The molecule has 3 amide bonds. The highest BCUT2D eigenvalue weighted by atomic mass is 16.3. The minimum absolute atomic E-state index is 0.148. The van der Waals surface area contributed by atoms with Crippen LogP contribution in [0.2, 0.25) is 0 Å². The topological polar surface area (TPSA) is 95.5 Å². The van der Waals surface area contributed by atoms with Crippen LogP contribution in [0, 0.1) is 0 Å². The largest absolute Gasteiger partial charge is 0.508 e. The van der Waals surface area contributed by atoms with E-state index in [-0.39, 0.29) is 18.1 Å². The van der Waals surface area contributed by atoms with Crippen LogP contribution in [0.3, 0.4) is 0 Å². The number of rotatable bonds is 3. The minimum Gasteiger partial charge on any atom is -0.508 e. The summed E-state index contributed by atoms with van der Waals surface area (Å²) >= 11 is 0. The Hall–Kier alpha value is -2.63. The molecule has 1 fully saturated rings. The number of nitrogens with one attached hydrogen (secondary N) is 2. The van der Waals surface area contributed by atoms with Crippen LogP contribution in [-0.2, 0) is 14.4 Å². The first-order valence-electron chi connectivity index (χ1n) is 6.16. The highest BCUT2D eigenvalue weighted by molar-refractivity contribution is 6.03. The molecule has 0 aliphatic carbocycles. The highest BCUT2D eigenvalue weighted by Gasteiger charge is 2.27. The third-order valence-corrected chi connectivity index (χ3v) is 2.88. The van der Waals surface area contributed by atoms with Gasteiger partial charge in [0.25, 0.3) is 0 Å². The van der Waals surface area contributed by atoms with Gasteiger partial charge in [0.1, 0.15) is 11.8 Å². The first-order chi connectivity index (χ1) is 9.54. The van der Waals surface area contributed by atoms with Gasteiger partial charge in [0.15, 0.2) is 0 Å². The van der Waals surface area contributed by atoms with E-state index in [0.29, 0.717) is 6.42 Å². The van der Waals surface area contributed by atoms with Crippen molar-refractivity contribution >= 4 is 23.8 Å². The molecule has 0 saturated carbocycles. The number of imide groups is 1. The first-order valence-corrected chi connectivity index (χ1v) is 6.16. The van der Waals surface area contributed by atoms with Gasteiger partial charge in [-0.15, -0.1) is 0 Å². The van der Waals surface area contributed by atoms with Gasteiger partial charge in [0.05, 0.1) is 0 Å². The van der Waals surface area contributed by atoms with Crippen molar-refractivity contribution in [2.45, 2.75) is 18.9 Å². The van der Waals surface area contributed by atoms with E-state index < -0.39 is 17.9 Å². The molecule has 1 heterocycles. The van der Waals surface area contributed by atoms with Crippen LogP contribution in [0.25, 0.3) is 6.08 Å². The molecular weight excluding hydrogens is 260 g/mol. The number of benzene rings is 1. The van der Waals surface area contributed by atoms with E-state index in [1.54, 1.807) is 18.2 Å². The van der Waals surface area contributed by atoms with Crippen molar-refractivity contribution in [1.29, 1.82) is 0 Å². The Balaban J connectivity index is 1.90. The summed E-state index contributed by atoms with van der Waals surface area (Å²) in [5.74, 6) is -1.06. The molecule has 0 bridgehead atoms. The maximum absolute atomic E-state index is 11.7. The molecule has 0 spiro atoms. The number of phenolic OH excluding ortho intramolecular Hbond substituents is 1.